The lowest BCUT2D eigenvalue weighted by molar-refractivity contribution is -0.385. The number of nitrogens with one attached hydrogen (secondary N) is 1. The van der Waals surface area contributed by atoms with Crippen molar-refractivity contribution in [3.05, 3.63) is 68.7 Å². The Hall–Kier alpha value is -3.39. The van der Waals surface area contributed by atoms with Gasteiger partial charge in [-0.2, -0.15) is 0 Å². The Morgan fingerprint density at radius 2 is 2.00 bits per heavy atom. The molecule has 0 spiro atoms. The third kappa shape index (κ3) is 5.55. The largest absolute Gasteiger partial charge is 0.495 e. The van der Waals surface area contributed by atoms with Gasteiger partial charge in [0.05, 0.1) is 23.3 Å². The van der Waals surface area contributed by atoms with E-state index in [1.165, 1.54) is 31.4 Å². The molecular formula is C19H17ClN2O6. The van der Waals surface area contributed by atoms with Crippen LogP contribution in [0, 0.1) is 17.0 Å². The van der Waals surface area contributed by atoms with Crippen molar-refractivity contribution >= 4 is 40.9 Å². The molecule has 0 bridgehead atoms. The monoisotopic (exact) mass is 404 g/mol. The molecule has 0 aromatic heterocycles. The van der Waals surface area contributed by atoms with E-state index >= 15 is 0 Å². The maximum atomic E-state index is 12.0. The average Bonchev–Trinajstić information content (AvgIpc) is 2.67. The summed E-state index contributed by atoms with van der Waals surface area (Å²) in [6, 6.07) is 9.13. The second-order valence-electron chi connectivity index (χ2n) is 5.61. The van der Waals surface area contributed by atoms with Crippen LogP contribution in [0.4, 0.5) is 11.4 Å². The molecule has 2 rings (SSSR count). The van der Waals surface area contributed by atoms with Crippen LogP contribution in [0.3, 0.4) is 0 Å². The van der Waals surface area contributed by atoms with Gasteiger partial charge in [0, 0.05) is 23.2 Å². The van der Waals surface area contributed by atoms with Gasteiger partial charge in [0.15, 0.2) is 6.61 Å². The standard InChI is InChI=1S/C19H17ClN2O6/c1-12-9-15(17(27-2)10-14(12)20)21-18(23)11-28-19(24)8-7-13-5-3-4-6-16(13)22(25)26/h3-10H,11H2,1-2H3,(H,21,23)/b8-7+. The summed E-state index contributed by atoms with van der Waals surface area (Å²) in [6.07, 6.45) is 2.27. The van der Waals surface area contributed by atoms with Crippen LogP contribution >= 0.6 is 11.6 Å². The summed E-state index contributed by atoms with van der Waals surface area (Å²) in [7, 11) is 1.43. The first kappa shape index (κ1) is 20.9. The third-order valence-electron chi connectivity index (χ3n) is 3.63. The number of methoxy groups -OCH3 is 1. The van der Waals surface area contributed by atoms with E-state index < -0.39 is 23.4 Å². The molecule has 0 atom stereocenters. The normalized spacial score (nSPS) is 10.5. The molecule has 0 unspecified atom stereocenters. The predicted molar refractivity (Wildman–Crippen MR) is 104 cm³/mol. The number of anilines is 1. The highest BCUT2D eigenvalue weighted by Crippen LogP contribution is 2.30. The molecule has 0 aliphatic carbocycles. The van der Waals surface area contributed by atoms with Crippen molar-refractivity contribution in [2.45, 2.75) is 6.92 Å². The zero-order valence-corrected chi connectivity index (χ0v) is 15.9. The summed E-state index contributed by atoms with van der Waals surface area (Å²) in [6.45, 7) is 1.23. The fourth-order valence-electron chi connectivity index (χ4n) is 2.25. The molecule has 0 aliphatic heterocycles. The summed E-state index contributed by atoms with van der Waals surface area (Å²) in [4.78, 5) is 34.2. The van der Waals surface area contributed by atoms with Crippen LogP contribution in [-0.4, -0.2) is 30.5 Å². The minimum absolute atomic E-state index is 0.144. The number of hydrogen-bond donors (Lipinski definition) is 1. The molecule has 9 heteroatoms. The Morgan fingerprint density at radius 1 is 1.29 bits per heavy atom. The number of rotatable bonds is 7. The number of esters is 1. The highest BCUT2D eigenvalue weighted by molar-refractivity contribution is 6.31. The highest BCUT2D eigenvalue weighted by Gasteiger charge is 2.13. The van der Waals surface area contributed by atoms with E-state index in [1.807, 2.05) is 0 Å². The van der Waals surface area contributed by atoms with Gasteiger partial charge in [-0.3, -0.25) is 14.9 Å². The van der Waals surface area contributed by atoms with Gasteiger partial charge in [0.2, 0.25) is 0 Å². The summed E-state index contributed by atoms with van der Waals surface area (Å²) < 4.78 is 10.0. The van der Waals surface area contributed by atoms with Crippen LogP contribution in [0.2, 0.25) is 5.02 Å². The van der Waals surface area contributed by atoms with Gasteiger partial charge in [0.1, 0.15) is 5.75 Å². The van der Waals surface area contributed by atoms with Crippen molar-refractivity contribution < 1.29 is 24.0 Å². The van der Waals surface area contributed by atoms with Gasteiger partial charge >= 0.3 is 5.97 Å². The zero-order valence-electron chi connectivity index (χ0n) is 15.1. The molecule has 28 heavy (non-hydrogen) atoms. The molecule has 0 heterocycles. The number of aryl methyl sites for hydroxylation is 1. The van der Waals surface area contributed by atoms with Crippen LogP contribution in [0.5, 0.6) is 5.75 Å². The molecular weight excluding hydrogens is 388 g/mol. The summed E-state index contributed by atoms with van der Waals surface area (Å²) in [5, 5.41) is 14.0. The van der Waals surface area contributed by atoms with Gasteiger partial charge in [0.25, 0.3) is 11.6 Å². The zero-order chi connectivity index (χ0) is 20.7. The highest BCUT2D eigenvalue weighted by atomic mass is 35.5. The van der Waals surface area contributed by atoms with Crippen LogP contribution < -0.4 is 10.1 Å². The summed E-state index contributed by atoms with van der Waals surface area (Å²) in [5.74, 6) is -1.02. The maximum Gasteiger partial charge on any atom is 0.331 e. The molecule has 0 radical (unpaired) electrons. The van der Waals surface area contributed by atoms with Crippen molar-refractivity contribution in [3.63, 3.8) is 0 Å². The van der Waals surface area contributed by atoms with Gasteiger partial charge < -0.3 is 14.8 Å². The molecule has 0 saturated carbocycles. The second kappa shape index (κ2) is 9.52. The molecule has 2 aromatic carbocycles. The topological polar surface area (TPSA) is 108 Å². The number of carbonyl (C=O) groups excluding carboxylic acids is 2. The molecule has 0 aliphatic rings. The van der Waals surface area contributed by atoms with Gasteiger partial charge in [-0.15, -0.1) is 0 Å². The third-order valence-corrected chi connectivity index (χ3v) is 4.04. The predicted octanol–water partition coefficient (Wildman–Crippen LogP) is 3.76. The van der Waals surface area contributed by atoms with E-state index in [9.17, 15) is 19.7 Å². The molecule has 0 saturated heterocycles. The lowest BCUT2D eigenvalue weighted by Gasteiger charge is -2.12. The van der Waals surface area contributed by atoms with Gasteiger partial charge in [-0.1, -0.05) is 23.7 Å². The van der Waals surface area contributed by atoms with E-state index in [0.717, 1.165) is 11.6 Å². The van der Waals surface area contributed by atoms with Crippen molar-refractivity contribution in [3.8, 4) is 5.75 Å². The first-order chi connectivity index (χ1) is 13.3. The Balaban J connectivity index is 1.96. The number of nitro benzene ring substituents is 1. The lowest BCUT2D eigenvalue weighted by Crippen LogP contribution is -2.20. The first-order valence-electron chi connectivity index (χ1n) is 8.04. The van der Waals surface area contributed by atoms with E-state index in [1.54, 1.807) is 25.1 Å². The molecule has 0 fully saturated rings. The SMILES string of the molecule is COc1cc(Cl)c(C)cc1NC(=O)COC(=O)/C=C/c1ccccc1[N+](=O)[O-]. The number of ether oxygens (including phenoxy) is 2. The number of halogens is 1. The Bertz CT molecular complexity index is 942. The Morgan fingerprint density at radius 3 is 2.68 bits per heavy atom. The number of benzene rings is 2. The number of hydrogen-bond acceptors (Lipinski definition) is 6. The number of amides is 1. The average molecular weight is 405 g/mol. The van der Waals surface area contributed by atoms with Crippen LogP contribution in [-0.2, 0) is 14.3 Å². The quantitative estimate of drug-likeness (QED) is 0.326. The van der Waals surface area contributed by atoms with E-state index in [4.69, 9.17) is 21.1 Å². The Labute approximate surface area is 165 Å². The van der Waals surface area contributed by atoms with E-state index in [-0.39, 0.29) is 11.3 Å². The van der Waals surface area contributed by atoms with Crippen molar-refractivity contribution in [2.24, 2.45) is 0 Å². The van der Waals surface area contributed by atoms with Crippen molar-refractivity contribution in [1.29, 1.82) is 0 Å². The number of carbonyl (C=O) groups is 2. The minimum Gasteiger partial charge on any atom is -0.495 e. The van der Waals surface area contributed by atoms with Crippen LogP contribution in [0.15, 0.2) is 42.5 Å². The van der Waals surface area contributed by atoms with Gasteiger partial charge in [-0.05, 0) is 30.7 Å². The second-order valence-corrected chi connectivity index (χ2v) is 6.01. The fourth-order valence-corrected chi connectivity index (χ4v) is 2.41. The minimum atomic E-state index is -0.812. The smallest absolute Gasteiger partial charge is 0.331 e. The van der Waals surface area contributed by atoms with Crippen molar-refractivity contribution in [2.75, 3.05) is 19.0 Å². The fraction of sp³-hybridized carbons (Fsp3) is 0.158. The molecule has 1 amide bonds. The van der Waals surface area contributed by atoms with Gasteiger partial charge in [-0.25, -0.2) is 4.79 Å². The lowest BCUT2D eigenvalue weighted by atomic mass is 10.1. The van der Waals surface area contributed by atoms with Crippen LogP contribution in [0.1, 0.15) is 11.1 Å². The molecule has 8 nitrogen and oxygen atoms in total. The number of nitrogens with zero attached hydrogens (tertiary/aromatic N) is 1. The van der Waals surface area contributed by atoms with E-state index in [2.05, 4.69) is 5.32 Å². The number of para-hydroxylation sites is 1. The van der Waals surface area contributed by atoms with E-state index in [0.29, 0.717) is 16.5 Å². The summed E-state index contributed by atoms with van der Waals surface area (Å²) >= 11 is 6.01. The first-order valence-corrected chi connectivity index (χ1v) is 8.42. The summed E-state index contributed by atoms with van der Waals surface area (Å²) in [5.41, 5.74) is 1.23. The molecule has 146 valence electrons. The number of nitro groups is 1. The van der Waals surface area contributed by atoms with Crippen LogP contribution in [0.25, 0.3) is 6.08 Å². The maximum absolute atomic E-state index is 12.0. The Kier molecular flexibility index (Phi) is 7.11. The molecule has 2 aromatic rings. The molecule has 1 N–H and O–H groups in total. The van der Waals surface area contributed by atoms with Crippen molar-refractivity contribution in [1.82, 2.24) is 0 Å².